The van der Waals surface area contributed by atoms with Gasteiger partial charge in [0.25, 0.3) is 5.56 Å². The summed E-state index contributed by atoms with van der Waals surface area (Å²) in [4.78, 5) is 25.0. The molecule has 0 atom stereocenters. The van der Waals surface area contributed by atoms with Gasteiger partial charge in [0, 0.05) is 11.5 Å². The molecule has 82 valence electrons. The molecule has 0 saturated heterocycles. The van der Waals surface area contributed by atoms with Crippen LogP contribution in [0.1, 0.15) is 11.1 Å². The van der Waals surface area contributed by atoms with E-state index in [9.17, 15) is 14.7 Å². The number of hydrogen-bond donors (Lipinski definition) is 2. The van der Waals surface area contributed by atoms with E-state index in [0.29, 0.717) is 10.9 Å². The van der Waals surface area contributed by atoms with Gasteiger partial charge >= 0.3 is 0 Å². The molecule has 0 bridgehead atoms. The predicted molar refractivity (Wildman–Crippen MR) is 62.0 cm³/mol. The molecule has 0 fully saturated rings. The highest BCUT2D eigenvalue weighted by Crippen LogP contribution is 2.25. The van der Waals surface area contributed by atoms with Gasteiger partial charge in [0.15, 0.2) is 0 Å². The summed E-state index contributed by atoms with van der Waals surface area (Å²) in [6.07, 6.45) is 0. The molecule has 2 N–H and O–H groups in total. The molecule has 0 unspecified atom stereocenters. The molecule has 0 aliphatic carbocycles. The van der Waals surface area contributed by atoms with Crippen molar-refractivity contribution < 1.29 is 5.11 Å². The Bertz CT molecular complexity index is 686. The summed E-state index contributed by atoms with van der Waals surface area (Å²) >= 11 is 0. The van der Waals surface area contributed by atoms with Crippen LogP contribution in [-0.4, -0.2) is 10.1 Å². The van der Waals surface area contributed by atoms with Gasteiger partial charge in [-0.1, -0.05) is 6.07 Å². The summed E-state index contributed by atoms with van der Waals surface area (Å²) in [7, 11) is 0. The van der Waals surface area contributed by atoms with Crippen LogP contribution < -0.4 is 11.0 Å². The lowest BCUT2D eigenvalue weighted by Gasteiger charge is -2.03. The van der Waals surface area contributed by atoms with E-state index in [0.717, 1.165) is 17.2 Å². The maximum atomic E-state index is 11.3. The van der Waals surface area contributed by atoms with E-state index in [4.69, 9.17) is 0 Å². The zero-order chi connectivity index (χ0) is 11.9. The number of rotatable bonds is 0. The number of H-pyrrole nitrogens is 1. The first-order valence-electron chi connectivity index (χ1n) is 4.87. The van der Waals surface area contributed by atoms with Gasteiger partial charge in [-0.3, -0.25) is 9.59 Å². The number of hydrogen-bond acceptors (Lipinski definition) is 3. The van der Waals surface area contributed by atoms with Crippen LogP contribution in [0.15, 0.2) is 27.8 Å². The molecule has 1 aromatic carbocycles. The van der Waals surface area contributed by atoms with Crippen LogP contribution >= 0.6 is 0 Å². The largest absolute Gasteiger partial charge is 0.507 e. The molecule has 0 spiro atoms. The first-order valence-corrected chi connectivity index (χ1v) is 4.87. The Kier molecular flexibility index (Phi) is 2.27. The summed E-state index contributed by atoms with van der Waals surface area (Å²) in [5, 5.41) is 10.3. The molecule has 16 heavy (non-hydrogen) atoms. The average Bonchev–Trinajstić information content (AvgIpc) is 2.32. The Hall–Kier alpha value is -2.10. The third-order valence-corrected chi connectivity index (χ3v) is 2.73. The van der Waals surface area contributed by atoms with Gasteiger partial charge in [-0.15, -0.1) is 0 Å². The average molecular weight is 217 g/mol. The fraction of sp³-hybridized carbons (Fsp3) is 0.167. The van der Waals surface area contributed by atoms with Crippen molar-refractivity contribution in [2.45, 2.75) is 13.8 Å². The summed E-state index contributed by atoms with van der Waals surface area (Å²) in [5.41, 5.74) is 0.829. The molecule has 0 radical (unpaired) electrons. The van der Waals surface area contributed by atoms with Crippen LogP contribution in [0.3, 0.4) is 0 Å². The van der Waals surface area contributed by atoms with Gasteiger partial charge in [0.1, 0.15) is 5.75 Å². The molecule has 2 rings (SSSR count). The number of fused-ring (bicyclic) bond motifs is 1. The number of aryl methyl sites for hydroxylation is 2. The zero-order valence-electron chi connectivity index (χ0n) is 9.00. The topological polar surface area (TPSA) is 70.2 Å². The maximum Gasteiger partial charge on any atom is 0.296 e. The standard InChI is InChI=1S/C12H11NO3/c1-6-3-4-8-11(7(6)2)9(14)5-10(15)12(16)13-8/h3-5,14H,1-2H3,(H,13,15,16). The second-order valence-corrected chi connectivity index (χ2v) is 3.78. The Morgan fingerprint density at radius 3 is 2.56 bits per heavy atom. The van der Waals surface area contributed by atoms with E-state index in [1.807, 2.05) is 19.9 Å². The van der Waals surface area contributed by atoms with Crippen molar-refractivity contribution >= 4 is 10.9 Å². The lowest BCUT2D eigenvalue weighted by Crippen LogP contribution is -2.22. The number of aromatic hydroxyl groups is 1. The van der Waals surface area contributed by atoms with Crippen molar-refractivity contribution in [3.05, 3.63) is 49.9 Å². The van der Waals surface area contributed by atoms with Crippen molar-refractivity contribution in [2.24, 2.45) is 0 Å². The summed E-state index contributed by atoms with van der Waals surface area (Å²) in [5.74, 6) is -0.167. The highest BCUT2D eigenvalue weighted by atomic mass is 16.3. The zero-order valence-corrected chi connectivity index (χ0v) is 9.00. The van der Waals surface area contributed by atoms with Crippen LogP contribution in [0, 0.1) is 13.8 Å². The van der Waals surface area contributed by atoms with Crippen molar-refractivity contribution in [1.82, 2.24) is 4.98 Å². The minimum Gasteiger partial charge on any atom is -0.507 e. The smallest absolute Gasteiger partial charge is 0.296 e. The maximum absolute atomic E-state index is 11.3. The van der Waals surface area contributed by atoms with E-state index in [1.165, 1.54) is 0 Å². The Morgan fingerprint density at radius 2 is 1.88 bits per heavy atom. The van der Waals surface area contributed by atoms with Crippen LogP contribution in [0.25, 0.3) is 10.9 Å². The number of nitrogens with one attached hydrogen (secondary N) is 1. The molecule has 1 heterocycles. The monoisotopic (exact) mass is 217 g/mol. The van der Waals surface area contributed by atoms with Gasteiger partial charge in [-0.05, 0) is 31.0 Å². The minimum absolute atomic E-state index is 0.167. The Balaban J connectivity index is 3.17. The minimum atomic E-state index is -0.745. The van der Waals surface area contributed by atoms with Gasteiger partial charge in [-0.2, -0.15) is 0 Å². The normalized spacial score (nSPS) is 10.6. The molecule has 1 aromatic heterocycles. The van der Waals surface area contributed by atoms with E-state index in [-0.39, 0.29) is 5.75 Å². The predicted octanol–water partition coefficient (Wildman–Crippen LogP) is 1.21. The number of aromatic amines is 1. The second kappa shape index (κ2) is 3.48. The van der Waals surface area contributed by atoms with Crippen LogP contribution in [0.5, 0.6) is 5.75 Å². The quantitative estimate of drug-likeness (QED) is 0.651. The van der Waals surface area contributed by atoms with Crippen molar-refractivity contribution in [1.29, 1.82) is 0 Å². The first-order chi connectivity index (χ1) is 7.50. The van der Waals surface area contributed by atoms with Crippen LogP contribution in [0.4, 0.5) is 0 Å². The molecule has 0 amide bonds. The molecule has 4 nitrogen and oxygen atoms in total. The molecular formula is C12H11NO3. The van der Waals surface area contributed by atoms with Gasteiger partial charge in [0.2, 0.25) is 5.43 Å². The number of aromatic nitrogens is 1. The van der Waals surface area contributed by atoms with Gasteiger partial charge in [-0.25, -0.2) is 0 Å². The SMILES string of the molecule is Cc1ccc2[nH]c(=O)c(=O)cc(O)c2c1C. The fourth-order valence-corrected chi connectivity index (χ4v) is 1.70. The lowest BCUT2D eigenvalue weighted by molar-refractivity contribution is 0.481. The van der Waals surface area contributed by atoms with Crippen LogP contribution in [-0.2, 0) is 0 Å². The van der Waals surface area contributed by atoms with Crippen LogP contribution in [0.2, 0.25) is 0 Å². The highest BCUT2D eigenvalue weighted by molar-refractivity contribution is 5.88. The second-order valence-electron chi connectivity index (χ2n) is 3.78. The molecular weight excluding hydrogens is 206 g/mol. The van der Waals surface area contributed by atoms with E-state index >= 15 is 0 Å². The Morgan fingerprint density at radius 1 is 1.19 bits per heavy atom. The molecule has 4 heteroatoms. The van der Waals surface area contributed by atoms with Crippen molar-refractivity contribution in [3.8, 4) is 5.75 Å². The first kappa shape index (κ1) is 10.4. The van der Waals surface area contributed by atoms with E-state index < -0.39 is 11.0 Å². The highest BCUT2D eigenvalue weighted by Gasteiger charge is 2.06. The number of benzene rings is 1. The van der Waals surface area contributed by atoms with E-state index in [1.54, 1.807) is 6.07 Å². The van der Waals surface area contributed by atoms with Crippen molar-refractivity contribution in [2.75, 3.05) is 0 Å². The Labute approximate surface area is 91.2 Å². The molecule has 0 aliphatic rings. The fourth-order valence-electron chi connectivity index (χ4n) is 1.70. The van der Waals surface area contributed by atoms with Crippen molar-refractivity contribution in [3.63, 3.8) is 0 Å². The summed E-state index contributed by atoms with van der Waals surface area (Å²) in [6.45, 7) is 3.73. The van der Waals surface area contributed by atoms with Gasteiger partial charge < -0.3 is 10.1 Å². The molecule has 0 saturated carbocycles. The lowest BCUT2D eigenvalue weighted by atomic mass is 10.0. The van der Waals surface area contributed by atoms with E-state index in [2.05, 4.69) is 4.98 Å². The third-order valence-electron chi connectivity index (χ3n) is 2.73. The summed E-state index contributed by atoms with van der Waals surface area (Å²) in [6, 6.07) is 4.46. The molecule has 2 aromatic rings. The summed E-state index contributed by atoms with van der Waals surface area (Å²) < 4.78 is 0. The third kappa shape index (κ3) is 1.48. The van der Waals surface area contributed by atoms with Gasteiger partial charge in [0.05, 0.1) is 5.52 Å². The molecule has 0 aliphatic heterocycles.